The van der Waals surface area contributed by atoms with Crippen LogP contribution in [0.5, 0.6) is 0 Å². The predicted molar refractivity (Wildman–Crippen MR) is 58.6 cm³/mol. The zero-order valence-electron chi connectivity index (χ0n) is 9.23. The maximum atomic E-state index is 11.2. The van der Waals surface area contributed by atoms with Gasteiger partial charge in [-0.15, -0.1) is 0 Å². The van der Waals surface area contributed by atoms with Crippen molar-refractivity contribution >= 4 is 5.97 Å². The molecule has 0 aliphatic carbocycles. The highest BCUT2D eigenvalue weighted by Crippen LogP contribution is 2.21. The van der Waals surface area contributed by atoms with Crippen LogP contribution in [0.1, 0.15) is 16.7 Å². The van der Waals surface area contributed by atoms with Gasteiger partial charge < -0.3 is 15.2 Å². The lowest BCUT2D eigenvalue weighted by molar-refractivity contribution is -0.142. The largest absolute Gasteiger partial charge is 0.468 e. The average molecular weight is 221 g/mol. The maximum absolute atomic E-state index is 11.2. The number of nitrogens with two attached hydrogens (primary N) is 1. The quantitative estimate of drug-likeness (QED) is 0.765. The summed E-state index contributed by atoms with van der Waals surface area (Å²) < 4.78 is 9.91. The fourth-order valence-corrected chi connectivity index (χ4v) is 1.84. The summed E-state index contributed by atoms with van der Waals surface area (Å²) in [5, 5.41) is 0. The Morgan fingerprint density at radius 2 is 2.25 bits per heavy atom. The van der Waals surface area contributed by atoms with Gasteiger partial charge in [0.1, 0.15) is 6.04 Å². The minimum Gasteiger partial charge on any atom is -0.468 e. The van der Waals surface area contributed by atoms with Crippen molar-refractivity contribution in [2.75, 3.05) is 7.11 Å². The number of hydrogen-bond donors (Lipinski definition) is 1. The first-order valence-electron chi connectivity index (χ1n) is 5.22. The number of carbonyl (C=O) groups excluding carboxylic acids is 1. The van der Waals surface area contributed by atoms with Crippen LogP contribution < -0.4 is 5.73 Å². The van der Waals surface area contributed by atoms with Crippen LogP contribution in [0.25, 0.3) is 0 Å². The molecule has 0 aromatic heterocycles. The number of carbonyl (C=O) groups is 1. The van der Waals surface area contributed by atoms with Crippen LogP contribution in [0.2, 0.25) is 0 Å². The van der Waals surface area contributed by atoms with E-state index in [2.05, 4.69) is 4.74 Å². The first kappa shape index (κ1) is 11.1. The molecule has 4 nitrogen and oxygen atoms in total. The molecule has 1 atom stereocenters. The minimum atomic E-state index is -0.592. The Bertz CT molecular complexity index is 403. The van der Waals surface area contributed by atoms with E-state index >= 15 is 0 Å². The zero-order valence-corrected chi connectivity index (χ0v) is 9.23. The molecule has 1 heterocycles. The van der Waals surface area contributed by atoms with Gasteiger partial charge in [-0.05, 0) is 23.1 Å². The molecule has 0 amide bonds. The van der Waals surface area contributed by atoms with E-state index in [0.717, 1.165) is 5.56 Å². The summed E-state index contributed by atoms with van der Waals surface area (Å²) in [6, 6.07) is 5.47. The third kappa shape index (κ3) is 2.23. The molecule has 0 radical (unpaired) electrons. The second-order valence-corrected chi connectivity index (χ2v) is 3.93. The van der Waals surface area contributed by atoms with Gasteiger partial charge >= 0.3 is 5.97 Å². The molecule has 0 saturated carbocycles. The molecule has 4 heteroatoms. The number of hydrogen-bond acceptors (Lipinski definition) is 4. The summed E-state index contributed by atoms with van der Waals surface area (Å²) >= 11 is 0. The van der Waals surface area contributed by atoms with Gasteiger partial charge in [0.2, 0.25) is 0 Å². The lowest BCUT2D eigenvalue weighted by Gasteiger charge is -2.09. The number of benzene rings is 1. The summed E-state index contributed by atoms with van der Waals surface area (Å²) in [6.45, 7) is 1.33. The normalized spacial score (nSPS) is 15.6. The Morgan fingerprint density at radius 1 is 1.50 bits per heavy atom. The Kier molecular flexibility index (Phi) is 3.22. The topological polar surface area (TPSA) is 61.5 Å². The molecule has 1 aliphatic heterocycles. The van der Waals surface area contributed by atoms with Crippen LogP contribution in [0.4, 0.5) is 0 Å². The Morgan fingerprint density at radius 3 is 3.00 bits per heavy atom. The van der Waals surface area contributed by atoms with Crippen LogP contribution in [0.3, 0.4) is 0 Å². The molecule has 0 saturated heterocycles. The van der Waals surface area contributed by atoms with E-state index < -0.39 is 6.04 Å². The van der Waals surface area contributed by atoms with Gasteiger partial charge in [0.15, 0.2) is 0 Å². The molecule has 16 heavy (non-hydrogen) atoms. The molecule has 1 aliphatic rings. The smallest absolute Gasteiger partial charge is 0.322 e. The monoisotopic (exact) mass is 221 g/mol. The lowest BCUT2D eigenvalue weighted by atomic mass is 10.0. The first-order valence-corrected chi connectivity index (χ1v) is 5.22. The van der Waals surface area contributed by atoms with E-state index in [-0.39, 0.29) is 5.97 Å². The van der Waals surface area contributed by atoms with Crippen molar-refractivity contribution in [3.8, 4) is 0 Å². The highest BCUT2D eigenvalue weighted by Gasteiger charge is 2.16. The number of fused-ring (bicyclic) bond motifs is 1. The van der Waals surface area contributed by atoms with E-state index in [1.165, 1.54) is 18.2 Å². The molecule has 2 N–H and O–H groups in total. The van der Waals surface area contributed by atoms with Gasteiger partial charge in [0.25, 0.3) is 0 Å². The van der Waals surface area contributed by atoms with Gasteiger partial charge in [-0.3, -0.25) is 4.79 Å². The van der Waals surface area contributed by atoms with E-state index in [1.54, 1.807) is 0 Å². The fourth-order valence-electron chi connectivity index (χ4n) is 1.84. The summed E-state index contributed by atoms with van der Waals surface area (Å²) in [7, 11) is 1.35. The van der Waals surface area contributed by atoms with Gasteiger partial charge in [-0.25, -0.2) is 0 Å². The van der Waals surface area contributed by atoms with Crippen molar-refractivity contribution in [1.82, 2.24) is 0 Å². The number of ether oxygens (including phenoxy) is 2. The highest BCUT2D eigenvalue weighted by molar-refractivity contribution is 5.75. The van der Waals surface area contributed by atoms with Crippen molar-refractivity contribution < 1.29 is 14.3 Å². The van der Waals surface area contributed by atoms with Gasteiger partial charge in [0, 0.05) is 0 Å². The molecule has 1 aromatic carbocycles. The zero-order chi connectivity index (χ0) is 11.5. The maximum Gasteiger partial charge on any atom is 0.322 e. The Labute approximate surface area is 94.3 Å². The molecule has 1 aromatic rings. The molecular formula is C12H15NO3. The summed E-state index contributed by atoms with van der Waals surface area (Å²) in [5.41, 5.74) is 9.15. The third-order valence-corrected chi connectivity index (χ3v) is 2.75. The lowest BCUT2D eigenvalue weighted by Crippen LogP contribution is -2.33. The van der Waals surface area contributed by atoms with Crippen LogP contribution >= 0.6 is 0 Å². The van der Waals surface area contributed by atoms with E-state index in [4.69, 9.17) is 10.5 Å². The van der Waals surface area contributed by atoms with Crippen molar-refractivity contribution in [3.63, 3.8) is 0 Å². The second-order valence-electron chi connectivity index (χ2n) is 3.93. The highest BCUT2D eigenvalue weighted by atomic mass is 16.5. The van der Waals surface area contributed by atoms with E-state index in [9.17, 15) is 4.79 Å². The minimum absolute atomic E-state index is 0.378. The average Bonchev–Trinajstić information content (AvgIpc) is 2.75. The third-order valence-electron chi connectivity index (χ3n) is 2.75. The first-order chi connectivity index (χ1) is 7.70. The predicted octanol–water partition coefficient (Wildman–Crippen LogP) is 0.760. The van der Waals surface area contributed by atoms with Gasteiger partial charge in [-0.1, -0.05) is 18.2 Å². The van der Waals surface area contributed by atoms with E-state index in [0.29, 0.717) is 19.6 Å². The summed E-state index contributed by atoms with van der Waals surface area (Å²) in [6.07, 6.45) is 0.500. The van der Waals surface area contributed by atoms with Gasteiger partial charge in [-0.2, -0.15) is 0 Å². The standard InChI is InChI=1S/C12H15NO3/c1-15-12(14)11(13)5-8-2-3-9-6-16-7-10(9)4-8/h2-4,11H,5-7,13H2,1H3. The molecule has 0 fully saturated rings. The Hall–Kier alpha value is -1.39. The van der Waals surface area contributed by atoms with Crippen molar-refractivity contribution in [1.29, 1.82) is 0 Å². The Balaban J connectivity index is 2.08. The van der Waals surface area contributed by atoms with Crippen molar-refractivity contribution in [2.45, 2.75) is 25.7 Å². The SMILES string of the molecule is COC(=O)C(N)Cc1ccc2c(c1)COC2. The molecule has 1 unspecified atom stereocenters. The molecule has 0 bridgehead atoms. The molecule has 2 rings (SSSR count). The molecular weight excluding hydrogens is 206 g/mol. The van der Waals surface area contributed by atoms with Gasteiger partial charge in [0.05, 0.1) is 20.3 Å². The number of methoxy groups -OCH3 is 1. The van der Waals surface area contributed by atoms with Crippen molar-refractivity contribution in [2.24, 2.45) is 5.73 Å². The van der Waals surface area contributed by atoms with Crippen LogP contribution in [0.15, 0.2) is 18.2 Å². The summed E-state index contributed by atoms with van der Waals surface area (Å²) in [4.78, 5) is 11.2. The molecule has 0 spiro atoms. The van der Waals surface area contributed by atoms with Crippen LogP contribution in [-0.4, -0.2) is 19.1 Å². The van der Waals surface area contributed by atoms with Crippen LogP contribution in [-0.2, 0) is 33.9 Å². The fraction of sp³-hybridized carbons (Fsp3) is 0.417. The molecule has 86 valence electrons. The number of rotatable bonds is 3. The summed E-state index contributed by atoms with van der Waals surface area (Å²) in [5.74, 6) is -0.378. The van der Waals surface area contributed by atoms with E-state index in [1.807, 2.05) is 18.2 Å². The van der Waals surface area contributed by atoms with Crippen molar-refractivity contribution in [3.05, 3.63) is 34.9 Å². The number of esters is 1. The van der Waals surface area contributed by atoms with Crippen LogP contribution in [0, 0.1) is 0 Å². The second kappa shape index (κ2) is 4.63.